The maximum Gasteiger partial charge on any atom is 0.224 e. The van der Waals surface area contributed by atoms with Gasteiger partial charge in [-0.25, -0.2) is 4.39 Å². The summed E-state index contributed by atoms with van der Waals surface area (Å²) in [5, 5.41) is 3.39. The normalized spacial score (nSPS) is 11.8. The molecule has 0 saturated heterocycles. The van der Waals surface area contributed by atoms with Gasteiger partial charge < -0.3 is 10.1 Å². The number of benzene rings is 2. The van der Waals surface area contributed by atoms with Crippen LogP contribution in [-0.4, -0.2) is 13.0 Å². The van der Waals surface area contributed by atoms with Gasteiger partial charge in [0.15, 0.2) is 11.6 Å². The smallest absolute Gasteiger partial charge is 0.224 e. The van der Waals surface area contributed by atoms with Gasteiger partial charge in [-0.05, 0) is 36.2 Å². The van der Waals surface area contributed by atoms with E-state index in [0.717, 1.165) is 5.56 Å². The summed E-state index contributed by atoms with van der Waals surface area (Å²) >= 11 is 6.03. The van der Waals surface area contributed by atoms with Crippen LogP contribution >= 0.6 is 11.6 Å². The van der Waals surface area contributed by atoms with Crippen molar-refractivity contribution < 1.29 is 13.9 Å². The van der Waals surface area contributed by atoms with Crippen molar-refractivity contribution in [1.29, 1.82) is 0 Å². The summed E-state index contributed by atoms with van der Waals surface area (Å²) in [4.78, 5) is 12.1. The second-order valence-corrected chi connectivity index (χ2v) is 5.36. The highest BCUT2D eigenvalue weighted by Gasteiger charge is 2.13. The van der Waals surface area contributed by atoms with Crippen LogP contribution in [0.15, 0.2) is 42.5 Å². The molecule has 116 valence electrons. The molecule has 0 aromatic heterocycles. The maximum atomic E-state index is 13.7. The van der Waals surface area contributed by atoms with Crippen molar-refractivity contribution in [3.63, 3.8) is 0 Å². The van der Waals surface area contributed by atoms with E-state index in [1.54, 1.807) is 31.2 Å². The number of methoxy groups -OCH3 is 1. The van der Waals surface area contributed by atoms with Crippen molar-refractivity contribution in [3.8, 4) is 5.75 Å². The van der Waals surface area contributed by atoms with Gasteiger partial charge in [-0.3, -0.25) is 4.79 Å². The third kappa shape index (κ3) is 3.98. The predicted octanol–water partition coefficient (Wildman–Crippen LogP) is 3.91. The molecular weight excluding hydrogens is 305 g/mol. The molecule has 0 heterocycles. The molecule has 0 aliphatic rings. The molecule has 3 nitrogen and oxygen atoms in total. The molecule has 1 N–H and O–H groups in total. The molecule has 0 aliphatic heterocycles. The minimum absolute atomic E-state index is 0.170. The molecule has 5 heteroatoms. The van der Waals surface area contributed by atoms with Crippen LogP contribution < -0.4 is 10.1 Å². The SMILES string of the molecule is COc1ccc([C@@H](C)NC(=O)Cc2ccccc2Cl)cc1F. The van der Waals surface area contributed by atoms with Crippen molar-refractivity contribution in [2.75, 3.05) is 7.11 Å². The summed E-state index contributed by atoms with van der Waals surface area (Å²) < 4.78 is 18.6. The number of ether oxygens (including phenoxy) is 1. The fourth-order valence-corrected chi connectivity index (χ4v) is 2.35. The number of rotatable bonds is 5. The monoisotopic (exact) mass is 321 g/mol. The number of carbonyl (C=O) groups excluding carboxylic acids is 1. The molecule has 2 aromatic carbocycles. The molecule has 0 aliphatic carbocycles. The average Bonchev–Trinajstić information content (AvgIpc) is 2.49. The van der Waals surface area contributed by atoms with E-state index in [0.29, 0.717) is 10.6 Å². The van der Waals surface area contributed by atoms with Crippen LogP contribution in [0.5, 0.6) is 5.75 Å². The quantitative estimate of drug-likeness (QED) is 0.906. The molecule has 2 aromatic rings. The first kappa shape index (κ1) is 16.3. The third-order valence-electron chi connectivity index (χ3n) is 3.36. The molecule has 22 heavy (non-hydrogen) atoms. The van der Waals surface area contributed by atoms with Gasteiger partial charge in [-0.2, -0.15) is 0 Å². The average molecular weight is 322 g/mol. The number of carbonyl (C=O) groups is 1. The molecule has 0 radical (unpaired) electrons. The van der Waals surface area contributed by atoms with Crippen molar-refractivity contribution >= 4 is 17.5 Å². The van der Waals surface area contributed by atoms with Gasteiger partial charge in [0.1, 0.15) is 0 Å². The topological polar surface area (TPSA) is 38.3 Å². The maximum absolute atomic E-state index is 13.7. The zero-order valence-electron chi connectivity index (χ0n) is 12.4. The van der Waals surface area contributed by atoms with E-state index >= 15 is 0 Å². The highest BCUT2D eigenvalue weighted by Crippen LogP contribution is 2.22. The largest absolute Gasteiger partial charge is 0.494 e. The Morgan fingerprint density at radius 1 is 1.32 bits per heavy atom. The summed E-state index contributed by atoms with van der Waals surface area (Å²) in [5.74, 6) is -0.442. The molecule has 1 atom stereocenters. The molecule has 2 rings (SSSR count). The van der Waals surface area contributed by atoms with Gasteiger partial charge in [-0.15, -0.1) is 0 Å². The Kier molecular flexibility index (Phi) is 5.39. The number of hydrogen-bond acceptors (Lipinski definition) is 2. The Bertz CT molecular complexity index is 675. The lowest BCUT2D eigenvalue weighted by Crippen LogP contribution is -2.28. The van der Waals surface area contributed by atoms with Gasteiger partial charge in [0.05, 0.1) is 19.6 Å². The molecule has 0 spiro atoms. The summed E-state index contributed by atoms with van der Waals surface area (Å²) in [6.07, 6.45) is 0.183. The summed E-state index contributed by atoms with van der Waals surface area (Å²) in [5.41, 5.74) is 1.43. The highest BCUT2D eigenvalue weighted by atomic mass is 35.5. The molecule has 0 fully saturated rings. The molecule has 0 unspecified atom stereocenters. The lowest BCUT2D eigenvalue weighted by molar-refractivity contribution is -0.121. The van der Waals surface area contributed by atoms with E-state index < -0.39 is 5.82 Å². The highest BCUT2D eigenvalue weighted by molar-refractivity contribution is 6.31. The van der Waals surface area contributed by atoms with E-state index in [1.165, 1.54) is 13.2 Å². The molecular formula is C17H17ClFNO2. The Labute approximate surface area is 134 Å². The van der Waals surface area contributed by atoms with Crippen LogP contribution in [0.4, 0.5) is 4.39 Å². The number of halogens is 2. The Morgan fingerprint density at radius 2 is 2.05 bits per heavy atom. The van der Waals surface area contributed by atoms with Gasteiger partial charge >= 0.3 is 0 Å². The van der Waals surface area contributed by atoms with E-state index in [4.69, 9.17) is 16.3 Å². The van der Waals surface area contributed by atoms with Crippen LogP contribution in [0.1, 0.15) is 24.1 Å². The van der Waals surface area contributed by atoms with Crippen molar-refractivity contribution in [3.05, 3.63) is 64.4 Å². The first-order valence-electron chi connectivity index (χ1n) is 6.87. The van der Waals surface area contributed by atoms with Crippen LogP contribution in [0.3, 0.4) is 0 Å². The van der Waals surface area contributed by atoms with Gasteiger partial charge in [0, 0.05) is 5.02 Å². The summed E-state index contributed by atoms with van der Waals surface area (Å²) in [6.45, 7) is 1.80. The summed E-state index contributed by atoms with van der Waals surface area (Å²) in [7, 11) is 1.41. The Balaban J connectivity index is 2.02. The first-order valence-corrected chi connectivity index (χ1v) is 7.25. The first-order chi connectivity index (χ1) is 10.5. The zero-order valence-corrected chi connectivity index (χ0v) is 13.2. The standard InChI is InChI=1S/C17H17ClFNO2/c1-11(12-7-8-16(22-2)15(19)9-12)20-17(21)10-13-5-3-4-6-14(13)18/h3-9,11H,10H2,1-2H3,(H,20,21)/t11-/m1/s1. The lowest BCUT2D eigenvalue weighted by atomic mass is 10.1. The fourth-order valence-electron chi connectivity index (χ4n) is 2.14. The van der Waals surface area contributed by atoms with Crippen LogP contribution in [0.25, 0.3) is 0 Å². The second-order valence-electron chi connectivity index (χ2n) is 4.95. The van der Waals surface area contributed by atoms with Gasteiger partial charge in [0.2, 0.25) is 5.91 Å². The molecule has 0 saturated carbocycles. The number of nitrogens with one attached hydrogen (secondary N) is 1. The second kappa shape index (κ2) is 7.27. The van der Waals surface area contributed by atoms with E-state index in [1.807, 2.05) is 12.1 Å². The number of amides is 1. The van der Waals surface area contributed by atoms with Crippen molar-refractivity contribution in [2.45, 2.75) is 19.4 Å². The van der Waals surface area contributed by atoms with Gasteiger partial charge in [-0.1, -0.05) is 35.9 Å². The van der Waals surface area contributed by atoms with Crippen molar-refractivity contribution in [1.82, 2.24) is 5.32 Å². The fraction of sp³-hybridized carbons (Fsp3) is 0.235. The predicted molar refractivity (Wildman–Crippen MR) is 84.7 cm³/mol. The Morgan fingerprint density at radius 3 is 2.68 bits per heavy atom. The van der Waals surface area contributed by atoms with Crippen LogP contribution in [0, 0.1) is 5.82 Å². The van der Waals surface area contributed by atoms with E-state index in [-0.39, 0.29) is 24.1 Å². The summed E-state index contributed by atoms with van der Waals surface area (Å²) in [6, 6.07) is 11.5. The minimum atomic E-state index is -0.452. The van der Waals surface area contributed by atoms with E-state index in [9.17, 15) is 9.18 Å². The van der Waals surface area contributed by atoms with Crippen LogP contribution in [0.2, 0.25) is 5.02 Å². The van der Waals surface area contributed by atoms with E-state index in [2.05, 4.69) is 5.32 Å². The molecule has 1 amide bonds. The number of hydrogen-bond donors (Lipinski definition) is 1. The van der Waals surface area contributed by atoms with Crippen LogP contribution in [-0.2, 0) is 11.2 Å². The van der Waals surface area contributed by atoms with Gasteiger partial charge in [0.25, 0.3) is 0 Å². The lowest BCUT2D eigenvalue weighted by Gasteiger charge is -2.15. The van der Waals surface area contributed by atoms with Crippen molar-refractivity contribution in [2.24, 2.45) is 0 Å². The Hall–Kier alpha value is -2.07. The zero-order chi connectivity index (χ0) is 16.1. The minimum Gasteiger partial charge on any atom is -0.494 e. The third-order valence-corrected chi connectivity index (χ3v) is 3.73. The molecule has 0 bridgehead atoms.